The number of aliphatic carboxylic acids is 1. The SMILES string of the molecule is CSCC[C@H](NC(=O)C1Cc2ccccc2CN1C(=O)[C@@H](NCCc1cnc[nH]1)C(C)C)C(=O)O. The molecule has 0 saturated carbocycles. The molecule has 2 aromatic rings. The molecular weight excluding hydrogens is 466 g/mol. The molecule has 0 bridgehead atoms. The number of amides is 2. The lowest BCUT2D eigenvalue weighted by molar-refractivity contribution is -0.146. The van der Waals surface area contributed by atoms with E-state index in [4.69, 9.17) is 0 Å². The first-order valence-corrected chi connectivity index (χ1v) is 13.3. The van der Waals surface area contributed by atoms with E-state index < -0.39 is 30.0 Å². The van der Waals surface area contributed by atoms with E-state index in [-0.39, 0.29) is 11.8 Å². The van der Waals surface area contributed by atoms with Crippen LogP contribution in [0.4, 0.5) is 0 Å². The van der Waals surface area contributed by atoms with Crippen LogP contribution in [0.2, 0.25) is 0 Å². The molecule has 9 nitrogen and oxygen atoms in total. The molecule has 0 saturated heterocycles. The smallest absolute Gasteiger partial charge is 0.326 e. The fourth-order valence-electron chi connectivity index (χ4n) is 4.32. The van der Waals surface area contributed by atoms with E-state index in [1.54, 1.807) is 17.4 Å². The van der Waals surface area contributed by atoms with Crippen LogP contribution in [0.25, 0.3) is 0 Å². The first kappa shape index (κ1) is 26.7. The second kappa shape index (κ2) is 12.7. The number of rotatable bonds is 12. The van der Waals surface area contributed by atoms with Gasteiger partial charge in [0.25, 0.3) is 0 Å². The zero-order valence-electron chi connectivity index (χ0n) is 20.5. The van der Waals surface area contributed by atoms with Crippen LogP contribution in [0, 0.1) is 5.92 Å². The van der Waals surface area contributed by atoms with Crippen molar-refractivity contribution in [3.05, 3.63) is 53.6 Å². The number of nitrogens with zero attached hydrogens (tertiary/aromatic N) is 2. The van der Waals surface area contributed by atoms with Crippen LogP contribution in [-0.4, -0.2) is 74.4 Å². The summed E-state index contributed by atoms with van der Waals surface area (Å²) in [5, 5.41) is 15.6. The number of aromatic amines is 1. The average molecular weight is 502 g/mol. The normalized spacial score (nSPS) is 17.0. The molecule has 0 fully saturated rings. The third kappa shape index (κ3) is 7.08. The van der Waals surface area contributed by atoms with Crippen molar-refractivity contribution in [2.75, 3.05) is 18.6 Å². The monoisotopic (exact) mass is 501 g/mol. The Kier molecular flexibility index (Phi) is 9.73. The van der Waals surface area contributed by atoms with Crippen molar-refractivity contribution in [2.45, 2.75) is 57.8 Å². The first-order valence-electron chi connectivity index (χ1n) is 11.9. The lowest BCUT2D eigenvalue weighted by Gasteiger charge is -2.39. The van der Waals surface area contributed by atoms with Crippen LogP contribution in [0.3, 0.4) is 0 Å². The summed E-state index contributed by atoms with van der Waals surface area (Å²) < 4.78 is 0. The summed E-state index contributed by atoms with van der Waals surface area (Å²) in [6, 6.07) is 5.53. The topological polar surface area (TPSA) is 127 Å². The van der Waals surface area contributed by atoms with Crippen LogP contribution in [-0.2, 0) is 33.8 Å². The lowest BCUT2D eigenvalue weighted by atomic mass is 9.91. The van der Waals surface area contributed by atoms with Gasteiger partial charge >= 0.3 is 5.97 Å². The van der Waals surface area contributed by atoms with Crippen LogP contribution in [0.5, 0.6) is 0 Å². The molecule has 1 aliphatic heterocycles. The van der Waals surface area contributed by atoms with E-state index in [2.05, 4.69) is 20.6 Å². The van der Waals surface area contributed by atoms with E-state index in [1.165, 1.54) is 11.8 Å². The predicted octanol–water partition coefficient (Wildman–Crippen LogP) is 1.84. The summed E-state index contributed by atoms with van der Waals surface area (Å²) in [4.78, 5) is 47.6. The number of hydrogen-bond donors (Lipinski definition) is 4. The fraction of sp³-hybridized carbons (Fsp3) is 0.520. The van der Waals surface area contributed by atoms with Crippen LogP contribution >= 0.6 is 11.8 Å². The molecule has 1 aromatic carbocycles. The predicted molar refractivity (Wildman–Crippen MR) is 136 cm³/mol. The standard InChI is InChI=1S/C25H35N5O4S/c1-16(2)22(27-10-8-19-13-26-15-28-19)24(32)30-14-18-7-5-4-6-17(18)12-21(30)23(31)29-20(25(33)34)9-11-35-3/h4-7,13,15-16,20-22,27H,8-12,14H2,1-3H3,(H,26,28)(H,29,31)(H,33,34)/t20-,21?,22-/m0/s1. The van der Waals surface area contributed by atoms with Gasteiger partial charge in [-0.05, 0) is 35.5 Å². The quantitative estimate of drug-likeness (QED) is 0.349. The summed E-state index contributed by atoms with van der Waals surface area (Å²) in [7, 11) is 0. The molecule has 35 heavy (non-hydrogen) atoms. The van der Waals surface area contributed by atoms with Crippen molar-refractivity contribution in [3.63, 3.8) is 0 Å². The minimum Gasteiger partial charge on any atom is -0.480 e. The van der Waals surface area contributed by atoms with Crippen molar-refractivity contribution < 1.29 is 19.5 Å². The molecule has 190 valence electrons. The van der Waals surface area contributed by atoms with Gasteiger partial charge in [0, 0.05) is 37.8 Å². The zero-order chi connectivity index (χ0) is 25.4. The van der Waals surface area contributed by atoms with E-state index >= 15 is 0 Å². The Balaban J connectivity index is 1.79. The number of carboxylic acid groups (broad SMARTS) is 1. The van der Waals surface area contributed by atoms with E-state index in [0.29, 0.717) is 38.1 Å². The van der Waals surface area contributed by atoms with Crippen molar-refractivity contribution in [1.82, 2.24) is 25.5 Å². The molecule has 0 radical (unpaired) electrons. The van der Waals surface area contributed by atoms with Crippen molar-refractivity contribution in [3.8, 4) is 0 Å². The van der Waals surface area contributed by atoms with Gasteiger partial charge in [-0.15, -0.1) is 0 Å². The number of carbonyl (C=O) groups excluding carboxylic acids is 2. The number of carboxylic acids is 1. The maximum atomic E-state index is 13.8. The highest BCUT2D eigenvalue weighted by Crippen LogP contribution is 2.25. The second-order valence-corrected chi connectivity index (χ2v) is 10.1. The Morgan fingerprint density at radius 3 is 2.63 bits per heavy atom. The number of fused-ring (bicyclic) bond motifs is 1. The number of thioether (sulfide) groups is 1. The first-order chi connectivity index (χ1) is 16.8. The number of aromatic nitrogens is 2. The van der Waals surface area contributed by atoms with Gasteiger partial charge in [-0.1, -0.05) is 38.1 Å². The maximum absolute atomic E-state index is 13.8. The Morgan fingerprint density at radius 1 is 1.26 bits per heavy atom. The zero-order valence-corrected chi connectivity index (χ0v) is 21.3. The maximum Gasteiger partial charge on any atom is 0.326 e. The van der Waals surface area contributed by atoms with Crippen LogP contribution < -0.4 is 10.6 Å². The van der Waals surface area contributed by atoms with Crippen molar-refractivity contribution in [2.24, 2.45) is 5.92 Å². The van der Waals surface area contributed by atoms with Gasteiger partial charge in [-0.25, -0.2) is 9.78 Å². The number of H-pyrrole nitrogens is 1. The van der Waals surface area contributed by atoms with Gasteiger partial charge < -0.3 is 25.6 Å². The molecule has 3 rings (SSSR count). The van der Waals surface area contributed by atoms with E-state index in [9.17, 15) is 19.5 Å². The molecule has 2 amide bonds. The highest BCUT2D eigenvalue weighted by atomic mass is 32.2. The van der Waals surface area contributed by atoms with Gasteiger partial charge in [-0.2, -0.15) is 11.8 Å². The highest BCUT2D eigenvalue weighted by molar-refractivity contribution is 7.98. The van der Waals surface area contributed by atoms with Gasteiger partial charge in [0.2, 0.25) is 11.8 Å². The van der Waals surface area contributed by atoms with Gasteiger partial charge in [-0.3, -0.25) is 9.59 Å². The number of hydrogen-bond acceptors (Lipinski definition) is 6. The van der Waals surface area contributed by atoms with Gasteiger partial charge in [0.15, 0.2) is 0 Å². The van der Waals surface area contributed by atoms with Crippen LogP contribution in [0.15, 0.2) is 36.8 Å². The second-order valence-electron chi connectivity index (χ2n) is 9.14. The van der Waals surface area contributed by atoms with Gasteiger partial charge in [0.1, 0.15) is 12.1 Å². The highest BCUT2D eigenvalue weighted by Gasteiger charge is 2.39. The van der Waals surface area contributed by atoms with Crippen LogP contribution in [0.1, 0.15) is 37.1 Å². The number of nitrogens with one attached hydrogen (secondary N) is 3. The van der Waals surface area contributed by atoms with E-state index in [1.807, 2.05) is 44.4 Å². The Bertz CT molecular complexity index is 998. The molecule has 1 aliphatic rings. The third-order valence-corrected chi connectivity index (χ3v) is 6.95. The van der Waals surface area contributed by atoms with Gasteiger partial charge in [0.05, 0.1) is 12.4 Å². The summed E-state index contributed by atoms with van der Waals surface area (Å²) in [5.74, 6) is -1.04. The summed E-state index contributed by atoms with van der Waals surface area (Å²) >= 11 is 1.53. The molecule has 2 heterocycles. The largest absolute Gasteiger partial charge is 0.480 e. The van der Waals surface area contributed by atoms with Crippen molar-refractivity contribution in [1.29, 1.82) is 0 Å². The molecular formula is C25H35N5O4S. The molecule has 3 atom stereocenters. The Morgan fingerprint density at radius 2 is 2.00 bits per heavy atom. The molecule has 1 aromatic heterocycles. The average Bonchev–Trinajstić information content (AvgIpc) is 3.36. The number of imidazole rings is 1. The number of carbonyl (C=O) groups is 3. The fourth-order valence-corrected chi connectivity index (χ4v) is 4.79. The number of benzene rings is 1. The molecule has 1 unspecified atom stereocenters. The molecule has 4 N–H and O–H groups in total. The molecule has 0 aliphatic carbocycles. The van der Waals surface area contributed by atoms with Crippen molar-refractivity contribution >= 4 is 29.5 Å². The third-order valence-electron chi connectivity index (χ3n) is 6.31. The summed E-state index contributed by atoms with van der Waals surface area (Å²) in [6.45, 7) is 4.83. The Labute approximate surface area is 210 Å². The van der Waals surface area contributed by atoms with E-state index in [0.717, 1.165) is 16.8 Å². The summed E-state index contributed by atoms with van der Waals surface area (Å²) in [5.41, 5.74) is 2.98. The molecule has 10 heteroatoms. The molecule has 0 spiro atoms. The minimum absolute atomic E-state index is 0.00139. The Hall–Kier alpha value is -2.85. The minimum atomic E-state index is -1.07. The summed E-state index contributed by atoms with van der Waals surface area (Å²) in [6.07, 6.45) is 6.64. The lowest BCUT2D eigenvalue weighted by Crippen LogP contribution is -2.59.